The van der Waals surface area contributed by atoms with E-state index < -0.39 is 11.7 Å². The summed E-state index contributed by atoms with van der Waals surface area (Å²) in [6.45, 7) is 0. The van der Waals surface area contributed by atoms with Gasteiger partial charge in [0.25, 0.3) is 0 Å². The van der Waals surface area contributed by atoms with Gasteiger partial charge in [0.2, 0.25) is 0 Å². The molecule has 1 heterocycles. The van der Waals surface area contributed by atoms with E-state index in [1.54, 1.807) is 28.7 Å². The van der Waals surface area contributed by atoms with Crippen LogP contribution in [-0.4, -0.2) is 5.04 Å². The first kappa shape index (κ1) is 23.6. The molecule has 0 aliphatic carbocycles. The van der Waals surface area contributed by atoms with Crippen LogP contribution in [0.3, 0.4) is 0 Å². The first-order valence-electron chi connectivity index (χ1n) is 10.9. The predicted molar refractivity (Wildman–Crippen MR) is 140 cm³/mol. The molecule has 0 fully saturated rings. The minimum Gasteiger partial charge on any atom is -0.248 e. The molecule has 1 aliphatic rings. The van der Waals surface area contributed by atoms with Gasteiger partial charge in [0.15, 0.2) is 0 Å². The highest BCUT2D eigenvalue weighted by Crippen LogP contribution is 2.38. The standard InChI is InChI=1S/C28H20F3N2S2/c29-28(30,31)26-16-7-6-15-25(26)27-32-33(19-35-27)22-12-8-13-23(17-22)34-18-21-11-4-5-14-24(21)20-9-2-1-3-10-20/h1-17,19H,18H2. The lowest BCUT2D eigenvalue weighted by Crippen LogP contribution is -2.11. The average molecular weight is 506 g/mol. The molecule has 1 radical (unpaired) electrons. The van der Waals surface area contributed by atoms with Crippen LogP contribution in [0.4, 0.5) is 18.9 Å². The molecule has 175 valence electrons. The molecular weight excluding hydrogens is 485 g/mol. The zero-order valence-corrected chi connectivity index (χ0v) is 20.1. The number of anilines is 1. The van der Waals surface area contributed by atoms with Crippen LogP contribution in [0.25, 0.3) is 11.1 Å². The smallest absolute Gasteiger partial charge is 0.248 e. The Hall–Kier alpha value is -3.16. The van der Waals surface area contributed by atoms with Crippen molar-refractivity contribution in [3.05, 3.63) is 126 Å². The quantitative estimate of drug-likeness (QED) is 0.244. The van der Waals surface area contributed by atoms with Crippen molar-refractivity contribution < 1.29 is 13.2 Å². The lowest BCUT2D eigenvalue weighted by atomic mass is 10.0. The van der Waals surface area contributed by atoms with Gasteiger partial charge in [0.05, 0.1) is 11.3 Å². The van der Waals surface area contributed by atoms with Crippen LogP contribution in [-0.2, 0) is 11.9 Å². The highest BCUT2D eigenvalue weighted by Gasteiger charge is 2.35. The maximum absolute atomic E-state index is 13.4. The van der Waals surface area contributed by atoms with Gasteiger partial charge in [-0.05, 0) is 41.0 Å². The summed E-state index contributed by atoms with van der Waals surface area (Å²) < 4.78 is 40.3. The van der Waals surface area contributed by atoms with Crippen molar-refractivity contribution in [1.82, 2.24) is 0 Å². The molecule has 0 amide bonds. The summed E-state index contributed by atoms with van der Waals surface area (Å²) in [4.78, 5) is 1.06. The van der Waals surface area contributed by atoms with Crippen molar-refractivity contribution in [2.24, 2.45) is 5.10 Å². The van der Waals surface area contributed by atoms with Crippen molar-refractivity contribution in [3.63, 3.8) is 0 Å². The minimum atomic E-state index is -4.43. The van der Waals surface area contributed by atoms with Crippen LogP contribution in [0.15, 0.2) is 113 Å². The van der Waals surface area contributed by atoms with E-state index in [9.17, 15) is 13.2 Å². The van der Waals surface area contributed by atoms with Crippen molar-refractivity contribution in [2.75, 3.05) is 5.01 Å². The van der Waals surface area contributed by atoms with Gasteiger partial charge in [0, 0.05) is 16.2 Å². The summed E-state index contributed by atoms with van der Waals surface area (Å²) >= 11 is 2.90. The van der Waals surface area contributed by atoms with E-state index in [0.29, 0.717) is 5.04 Å². The second-order valence-electron chi connectivity index (χ2n) is 7.83. The third kappa shape index (κ3) is 5.41. The van der Waals surface area contributed by atoms with E-state index in [-0.39, 0.29) is 5.56 Å². The van der Waals surface area contributed by atoms with Gasteiger partial charge in [-0.25, -0.2) is 5.01 Å². The third-order valence-corrected chi connectivity index (χ3v) is 7.38. The zero-order chi connectivity index (χ0) is 24.3. The fourth-order valence-corrected chi connectivity index (χ4v) is 5.58. The Bertz CT molecular complexity index is 1350. The number of halogens is 3. The number of hydrazone groups is 1. The summed E-state index contributed by atoms with van der Waals surface area (Å²) in [5.74, 6) is 2.53. The molecule has 5 rings (SSSR count). The predicted octanol–water partition coefficient (Wildman–Crippen LogP) is 8.70. The summed E-state index contributed by atoms with van der Waals surface area (Å²) in [5.41, 5.74) is 3.84. The van der Waals surface area contributed by atoms with Gasteiger partial charge in [-0.3, -0.25) is 0 Å². The molecule has 0 aromatic heterocycles. The van der Waals surface area contributed by atoms with E-state index in [1.807, 2.05) is 54.6 Å². The molecule has 1 aliphatic heterocycles. The monoisotopic (exact) mass is 505 g/mol. The second-order valence-corrected chi connectivity index (χ2v) is 9.71. The van der Waals surface area contributed by atoms with Crippen molar-refractivity contribution in [2.45, 2.75) is 16.8 Å². The molecular formula is C28H20F3N2S2. The molecule has 7 heteroatoms. The topological polar surface area (TPSA) is 15.6 Å². The molecule has 0 spiro atoms. The number of hydrogen-bond acceptors (Lipinski definition) is 4. The van der Waals surface area contributed by atoms with E-state index in [2.05, 4.69) is 29.4 Å². The third-order valence-electron chi connectivity index (χ3n) is 5.50. The lowest BCUT2D eigenvalue weighted by molar-refractivity contribution is -0.137. The lowest BCUT2D eigenvalue weighted by Gasteiger charge is -2.14. The normalized spacial score (nSPS) is 13.7. The van der Waals surface area contributed by atoms with Gasteiger partial charge in [0.1, 0.15) is 10.9 Å². The molecule has 4 aromatic rings. The van der Waals surface area contributed by atoms with Crippen LogP contribution in [0, 0.1) is 5.88 Å². The Morgan fingerprint density at radius 2 is 1.49 bits per heavy atom. The number of alkyl halides is 3. The molecule has 0 bridgehead atoms. The number of thioether (sulfide) groups is 2. The SMILES string of the molecule is FC(F)(F)c1ccccc1C1=NN(c2cccc(SCc3ccccc3-c3ccccc3)c2)[CH]S1. The minimum absolute atomic E-state index is 0.0896. The summed E-state index contributed by atoms with van der Waals surface area (Å²) in [6.07, 6.45) is -4.43. The summed E-state index contributed by atoms with van der Waals surface area (Å²) in [6, 6.07) is 32.1. The molecule has 0 saturated heterocycles. The summed E-state index contributed by atoms with van der Waals surface area (Å²) in [7, 11) is 0. The molecule has 0 saturated carbocycles. The first-order chi connectivity index (χ1) is 17.0. The largest absolute Gasteiger partial charge is 0.417 e. The van der Waals surface area contributed by atoms with E-state index >= 15 is 0 Å². The Kier molecular flexibility index (Phi) is 6.88. The molecule has 0 atom stereocenters. The molecule has 0 unspecified atom stereocenters. The van der Waals surface area contributed by atoms with Crippen LogP contribution in [0.5, 0.6) is 0 Å². The first-order valence-corrected chi connectivity index (χ1v) is 12.8. The Balaban J connectivity index is 1.34. The van der Waals surface area contributed by atoms with Crippen LogP contribution < -0.4 is 5.01 Å². The Morgan fingerprint density at radius 1 is 0.771 bits per heavy atom. The molecule has 4 aromatic carbocycles. The van der Waals surface area contributed by atoms with Crippen molar-refractivity contribution in [3.8, 4) is 11.1 Å². The number of hydrogen-bond donors (Lipinski definition) is 0. The summed E-state index contributed by atoms with van der Waals surface area (Å²) in [5, 5.41) is 6.42. The fourth-order valence-electron chi connectivity index (χ4n) is 3.82. The maximum Gasteiger partial charge on any atom is 0.417 e. The molecule has 2 nitrogen and oxygen atoms in total. The van der Waals surface area contributed by atoms with Crippen LogP contribution in [0.1, 0.15) is 16.7 Å². The van der Waals surface area contributed by atoms with Gasteiger partial charge >= 0.3 is 6.18 Å². The average Bonchev–Trinajstić information content (AvgIpc) is 3.38. The number of rotatable bonds is 6. The van der Waals surface area contributed by atoms with Crippen LogP contribution >= 0.6 is 23.5 Å². The number of nitrogens with zero attached hydrogens (tertiary/aromatic N) is 2. The van der Waals surface area contributed by atoms with Gasteiger partial charge in [-0.2, -0.15) is 18.3 Å². The fraction of sp³-hybridized carbons (Fsp3) is 0.0714. The van der Waals surface area contributed by atoms with Crippen molar-refractivity contribution >= 4 is 34.3 Å². The van der Waals surface area contributed by atoms with Crippen molar-refractivity contribution in [1.29, 1.82) is 0 Å². The maximum atomic E-state index is 13.4. The van der Waals surface area contributed by atoms with E-state index in [1.165, 1.54) is 40.6 Å². The van der Waals surface area contributed by atoms with Gasteiger partial charge in [-0.1, -0.05) is 90.6 Å². The van der Waals surface area contributed by atoms with Gasteiger partial charge in [-0.15, -0.1) is 11.8 Å². The molecule has 35 heavy (non-hydrogen) atoms. The van der Waals surface area contributed by atoms with Gasteiger partial charge < -0.3 is 0 Å². The highest BCUT2D eigenvalue weighted by atomic mass is 32.2. The molecule has 0 N–H and O–H groups in total. The Labute approximate surface area is 210 Å². The zero-order valence-electron chi connectivity index (χ0n) is 18.4. The second kappa shape index (κ2) is 10.2. The van der Waals surface area contributed by atoms with E-state index in [4.69, 9.17) is 0 Å². The van der Waals surface area contributed by atoms with Crippen LogP contribution in [0.2, 0.25) is 0 Å². The Morgan fingerprint density at radius 3 is 2.29 bits per heavy atom. The highest BCUT2D eigenvalue weighted by molar-refractivity contribution is 8.16. The number of benzene rings is 4. The van der Waals surface area contributed by atoms with E-state index in [0.717, 1.165) is 22.4 Å².